The SMILES string of the molecule is Nc1cccc2oc(COCC3CC3)nc12. The van der Waals surface area contributed by atoms with Gasteiger partial charge in [0, 0.05) is 0 Å². The fraction of sp³-hybridized carbons (Fsp3) is 0.417. The number of nitrogens with zero attached hydrogens (tertiary/aromatic N) is 1. The average molecular weight is 218 g/mol. The Morgan fingerprint density at radius 3 is 3.06 bits per heavy atom. The van der Waals surface area contributed by atoms with E-state index in [9.17, 15) is 0 Å². The number of fused-ring (bicyclic) bond motifs is 1. The van der Waals surface area contributed by atoms with Crippen LogP contribution in [0.4, 0.5) is 5.69 Å². The van der Waals surface area contributed by atoms with E-state index in [1.165, 1.54) is 12.8 Å². The van der Waals surface area contributed by atoms with Gasteiger partial charge in [-0.3, -0.25) is 0 Å². The van der Waals surface area contributed by atoms with Crippen LogP contribution in [-0.2, 0) is 11.3 Å². The van der Waals surface area contributed by atoms with Crippen LogP contribution in [0.2, 0.25) is 0 Å². The molecular weight excluding hydrogens is 204 g/mol. The highest BCUT2D eigenvalue weighted by molar-refractivity contribution is 5.85. The highest BCUT2D eigenvalue weighted by Gasteiger charge is 2.21. The summed E-state index contributed by atoms with van der Waals surface area (Å²) in [6.45, 7) is 1.25. The molecule has 2 N–H and O–H groups in total. The standard InChI is InChI=1S/C12H14N2O2/c13-9-2-1-3-10-12(9)14-11(16-10)7-15-6-8-4-5-8/h1-3,8H,4-7,13H2. The van der Waals surface area contributed by atoms with Gasteiger partial charge in [0.15, 0.2) is 5.58 Å². The van der Waals surface area contributed by atoms with Gasteiger partial charge in [-0.2, -0.15) is 0 Å². The fourth-order valence-electron chi connectivity index (χ4n) is 1.67. The molecule has 1 aliphatic carbocycles. The van der Waals surface area contributed by atoms with E-state index in [-0.39, 0.29) is 0 Å². The third-order valence-corrected chi connectivity index (χ3v) is 2.77. The maximum atomic E-state index is 5.79. The number of ether oxygens (including phenoxy) is 1. The molecule has 84 valence electrons. The normalized spacial score (nSPS) is 15.8. The van der Waals surface area contributed by atoms with Gasteiger partial charge in [0.05, 0.1) is 12.3 Å². The number of hydrogen-bond acceptors (Lipinski definition) is 4. The van der Waals surface area contributed by atoms with E-state index < -0.39 is 0 Å². The Hall–Kier alpha value is -1.55. The van der Waals surface area contributed by atoms with Crippen LogP contribution in [0.1, 0.15) is 18.7 Å². The van der Waals surface area contributed by atoms with Crippen molar-refractivity contribution in [1.82, 2.24) is 4.98 Å². The van der Waals surface area contributed by atoms with Crippen LogP contribution in [-0.4, -0.2) is 11.6 Å². The number of oxazole rings is 1. The number of aromatic nitrogens is 1. The number of rotatable bonds is 4. The minimum absolute atomic E-state index is 0.435. The quantitative estimate of drug-likeness (QED) is 0.800. The topological polar surface area (TPSA) is 61.3 Å². The zero-order valence-electron chi connectivity index (χ0n) is 8.98. The molecule has 4 nitrogen and oxygen atoms in total. The minimum atomic E-state index is 0.435. The van der Waals surface area contributed by atoms with Gasteiger partial charge in [0.1, 0.15) is 12.1 Å². The summed E-state index contributed by atoms with van der Waals surface area (Å²) in [5.74, 6) is 1.36. The number of anilines is 1. The molecule has 0 unspecified atom stereocenters. The third kappa shape index (κ3) is 1.88. The predicted octanol–water partition coefficient (Wildman–Crippen LogP) is 2.34. The van der Waals surface area contributed by atoms with Gasteiger partial charge in [0.25, 0.3) is 0 Å². The van der Waals surface area contributed by atoms with E-state index in [2.05, 4.69) is 4.98 Å². The monoisotopic (exact) mass is 218 g/mol. The molecule has 0 atom stereocenters. The van der Waals surface area contributed by atoms with Gasteiger partial charge in [-0.15, -0.1) is 0 Å². The van der Waals surface area contributed by atoms with E-state index in [0.717, 1.165) is 23.6 Å². The lowest BCUT2D eigenvalue weighted by Crippen LogP contribution is -1.96. The highest BCUT2D eigenvalue weighted by atomic mass is 16.5. The average Bonchev–Trinajstić information content (AvgIpc) is 2.98. The molecule has 1 aliphatic rings. The summed E-state index contributed by atoms with van der Waals surface area (Å²) in [6.07, 6.45) is 2.58. The van der Waals surface area contributed by atoms with Crippen LogP contribution in [0.5, 0.6) is 0 Å². The number of nitrogen functional groups attached to an aromatic ring is 1. The number of para-hydroxylation sites is 1. The Bertz CT molecular complexity index is 503. The van der Waals surface area contributed by atoms with Gasteiger partial charge in [-0.25, -0.2) is 4.98 Å². The van der Waals surface area contributed by atoms with E-state index >= 15 is 0 Å². The molecule has 4 heteroatoms. The summed E-state index contributed by atoms with van der Waals surface area (Å²) in [6, 6.07) is 5.54. The first kappa shape index (κ1) is 9.66. The van der Waals surface area contributed by atoms with Crippen molar-refractivity contribution < 1.29 is 9.15 Å². The highest BCUT2D eigenvalue weighted by Crippen LogP contribution is 2.29. The second-order valence-electron chi connectivity index (χ2n) is 4.26. The summed E-state index contributed by atoms with van der Waals surface area (Å²) >= 11 is 0. The summed E-state index contributed by atoms with van der Waals surface area (Å²) in [7, 11) is 0. The Morgan fingerprint density at radius 2 is 2.31 bits per heavy atom. The summed E-state index contributed by atoms with van der Waals surface area (Å²) in [4.78, 5) is 4.31. The van der Waals surface area contributed by atoms with Crippen LogP contribution < -0.4 is 5.73 Å². The van der Waals surface area contributed by atoms with Crippen LogP contribution in [0.15, 0.2) is 22.6 Å². The molecule has 3 rings (SSSR count). The predicted molar refractivity (Wildman–Crippen MR) is 60.8 cm³/mol. The van der Waals surface area contributed by atoms with Crippen molar-refractivity contribution in [3.8, 4) is 0 Å². The lowest BCUT2D eigenvalue weighted by atomic mass is 10.3. The molecule has 0 spiro atoms. The molecular formula is C12H14N2O2. The molecule has 0 aliphatic heterocycles. The molecule has 1 aromatic heterocycles. The molecule has 1 aromatic carbocycles. The first-order chi connectivity index (χ1) is 7.83. The maximum Gasteiger partial charge on any atom is 0.221 e. The van der Waals surface area contributed by atoms with Crippen molar-refractivity contribution in [2.24, 2.45) is 5.92 Å². The van der Waals surface area contributed by atoms with Crippen molar-refractivity contribution >= 4 is 16.8 Å². The number of hydrogen-bond donors (Lipinski definition) is 1. The van der Waals surface area contributed by atoms with E-state index in [0.29, 0.717) is 18.2 Å². The Labute approximate surface area is 93.4 Å². The molecule has 0 saturated heterocycles. The minimum Gasteiger partial charge on any atom is -0.438 e. The summed E-state index contributed by atoms with van der Waals surface area (Å²) in [5, 5.41) is 0. The maximum absolute atomic E-state index is 5.79. The fourth-order valence-corrected chi connectivity index (χ4v) is 1.67. The van der Waals surface area contributed by atoms with Crippen molar-refractivity contribution in [2.45, 2.75) is 19.4 Å². The lowest BCUT2D eigenvalue weighted by molar-refractivity contribution is 0.0950. The van der Waals surface area contributed by atoms with Crippen LogP contribution in [0.3, 0.4) is 0 Å². The smallest absolute Gasteiger partial charge is 0.221 e. The zero-order chi connectivity index (χ0) is 11.0. The van der Waals surface area contributed by atoms with Gasteiger partial charge >= 0.3 is 0 Å². The zero-order valence-corrected chi connectivity index (χ0v) is 8.98. The molecule has 16 heavy (non-hydrogen) atoms. The van der Waals surface area contributed by atoms with Crippen molar-refractivity contribution in [3.05, 3.63) is 24.1 Å². The van der Waals surface area contributed by atoms with Crippen molar-refractivity contribution in [2.75, 3.05) is 12.3 Å². The van der Waals surface area contributed by atoms with Gasteiger partial charge in [0.2, 0.25) is 5.89 Å². The molecule has 1 fully saturated rings. The molecule has 0 amide bonds. The van der Waals surface area contributed by atoms with Crippen LogP contribution in [0.25, 0.3) is 11.1 Å². The van der Waals surface area contributed by atoms with Gasteiger partial charge in [-0.1, -0.05) is 6.07 Å². The molecule has 2 aromatic rings. The first-order valence-corrected chi connectivity index (χ1v) is 5.54. The Morgan fingerprint density at radius 1 is 1.44 bits per heavy atom. The van der Waals surface area contributed by atoms with E-state index in [1.54, 1.807) is 0 Å². The second kappa shape index (κ2) is 3.79. The van der Waals surface area contributed by atoms with Crippen molar-refractivity contribution in [1.29, 1.82) is 0 Å². The van der Waals surface area contributed by atoms with Crippen LogP contribution >= 0.6 is 0 Å². The van der Waals surface area contributed by atoms with E-state index in [4.69, 9.17) is 14.9 Å². The van der Waals surface area contributed by atoms with Gasteiger partial charge in [-0.05, 0) is 30.9 Å². The molecule has 0 bridgehead atoms. The molecule has 0 radical (unpaired) electrons. The largest absolute Gasteiger partial charge is 0.438 e. The third-order valence-electron chi connectivity index (χ3n) is 2.77. The second-order valence-corrected chi connectivity index (χ2v) is 4.26. The number of benzene rings is 1. The Balaban J connectivity index is 1.73. The number of nitrogens with two attached hydrogens (primary N) is 1. The first-order valence-electron chi connectivity index (χ1n) is 5.54. The van der Waals surface area contributed by atoms with E-state index in [1.807, 2.05) is 18.2 Å². The van der Waals surface area contributed by atoms with Crippen molar-refractivity contribution in [3.63, 3.8) is 0 Å². The summed E-state index contributed by atoms with van der Waals surface area (Å²) < 4.78 is 11.1. The molecule has 1 saturated carbocycles. The lowest BCUT2D eigenvalue weighted by Gasteiger charge is -1.97. The molecule has 1 heterocycles. The summed E-state index contributed by atoms with van der Waals surface area (Å²) in [5.41, 5.74) is 7.90. The Kier molecular flexibility index (Phi) is 2.29. The van der Waals surface area contributed by atoms with Gasteiger partial charge < -0.3 is 14.9 Å². The van der Waals surface area contributed by atoms with Crippen LogP contribution in [0, 0.1) is 5.92 Å².